The fraction of sp³-hybridized carbons (Fsp3) is 0.0769. The molecule has 0 fully saturated rings. The molecule has 0 bridgehead atoms. The lowest BCUT2D eigenvalue weighted by Gasteiger charge is -2.06. The summed E-state index contributed by atoms with van der Waals surface area (Å²) in [6, 6.07) is 7.58. The van der Waals surface area contributed by atoms with E-state index in [1.54, 1.807) is 37.3 Å². The van der Waals surface area contributed by atoms with E-state index in [0.717, 1.165) is 0 Å². The maximum Gasteiger partial charge on any atom is 0.316 e. The third kappa shape index (κ3) is 3.12. The lowest BCUT2D eigenvalue weighted by atomic mass is 10.2. The summed E-state index contributed by atoms with van der Waals surface area (Å²) in [4.78, 5) is 22.6. The molecule has 1 heterocycles. The lowest BCUT2D eigenvalue weighted by Crippen LogP contribution is -2.19. The fourth-order valence-electron chi connectivity index (χ4n) is 1.60. The van der Waals surface area contributed by atoms with Gasteiger partial charge in [-0.3, -0.25) is 4.79 Å². The molecule has 2 rings (SSSR count). The second kappa shape index (κ2) is 5.26. The minimum absolute atomic E-state index is 0.248. The SMILES string of the molecule is Cc1occc1C(=O)Nc1ccc(NC(N)=O)cc1. The molecule has 0 saturated carbocycles. The van der Waals surface area contributed by atoms with Crippen LogP contribution >= 0.6 is 0 Å². The van der Waals surface area contributed by atoms with Gasteiger partial charge in [0.1, 0.15) is 5.76 Å². The van der Waals surface area contributed by atoms with Gasteiger partial charge < -0.3 is 20.8 Å². The van der Waals surface area contributed by atoms with Crippen molar-refractivity contribution >= 4 is 23.3 Å². The molecule has 0 atom stereocenters. The number of primary amides is 1. The summed E-state index contributed by atoms with van der Waals surface area (Å²) in [7, 11) is 0. The molecule has 0 saturated heterocycles. The highest BCUT2D eigenvalue weighted by atomic mass is 16.3. The smallest absolute Gasteiger partial charge is 0.316 e. The van der Waals surface area contributed by atoms with Gasteiger partial charge in [-0.05, 0) is 37.3 Å². The third-order valence-corrected chi connectivity index (χ3v) is 2.51. The topological polar surface area (TPSA) is 97.4 Å². The Kier molecular flexibility index (Phi) is 3.51. The Hall–Kier alpha value is -2.76. The van der Waals surface area contributed by atoms with E-state index in [4.69, 9.17) is 10.2 Å². The highest BCUT2D eigenvalue weighted by Crippen LogP contribution is 2.16. The first-order valence-electron chi connectivity index (χ1n) is 5.58. The van der Waals surface area contributed by atoms with E-state index in [9.17, 15) is 9.59 Å². The summed E-state index contributed by atoms with van der Waals surface area (Å²) in [6.07, 6.45) is 1.46. The van der Waals surface area contributed by atoms with E-state index in [-0.39, 0.29) is 5.91 Å². The number of nitrogens with one attached hydrogen (secondary N) is 2. The monoisotopic (exact) mass is 259 g/mol. The number of amides is 3. The fourth-order valence-corrected chi connectivity index (χ4v) is 1.60. The zero-order valence-electron chi connectivity index (χ0n) is 10.3. The van der Waals surface area contributed by atoms with Crippen molar-refractivity contribution in [3.63, 3.8) is 0 Å². The van der Waals surface area contributed by atoms with Crippen LogP contribution in [-0.4, -0.2) is 11.9 Å². The van der Waals surface area contributed by atoms with Crippen LogP contribution in [0, 0.1) is 6.92 Å². The number of nitrogens with two attached hydrogens (primary N) is 1. The summed E-state index contributed by atoms with van der Waals surface area (Å²) in [5.74, 6) is 0.311. The Morgan fingerprint density at radius 2 is 1.63 bits per heavy atom. The van der Waals surface area contributed by atoms with Crippen LogP contribution in [0.1, 0.15) is 16.1 Å². The number of rotatable bonds is 3. The normalized spacial score (nSPS) is 9.95. The Morgan fingerprint density at radius 3 is 2.11 bits per heavy atom. The van der Waals surface area contributed by atoms with E-state index >= 15 is 0 Å². The number of benzene rings is 1. The minimum Gasteiger partial charge on any atom is -0.469 e. The highest BCUT2D eigenvalue weighted by molar-refractivity contribution is 6.05. The van der Waals surface area contributed by atoms with Crippen LogP contribution in [0.15, 0.2) is 41.0 Å². The van der Waals surface area contributed by atoms with Crippen LogP contribution in [0.25, 0.3) is 0 Å². The Morgan fingerprint density at radius 1 is 1.05 bits per heavy atom. The van der Waals surface area contributed by atoms with Crippen molar-refractivity contribution in [1.82, 2.24) is 0 Å². The number of furan rings is 1. The molecule has 4 N–H and O–H groups in total. The van der Waals surface area contributed by atoms with Crippen LogP contribution in [-0.2, 0) is 0 Å². The second-order valence-electron chi connectivity index (χ2n) is 3.91. The number of urea groups is 1. The van der Waals surface area contributed by atoms with Gasteiger partial charge in [-0.15, -0.1) is 0 Å². The number of anilines is 2. The molecule has 19 heavy (non-hydrogen) atoms. The zero-order valence-corrected chi connectivity index (χ0v) is 10.3. The van der Waals surface area contributed by atoms with Crippen molar-refractivity contribution < 1.29 is 14.0 Å². The Labute approximate surface area is 109 Å². The van der Waals surface area contributed by atoms with Crippen molar-refractivity contribution in [3.8, 4) is 0 Å². The van der Waals surface area contributed by atoms with Gasteiger partial charge in [0.2, 0.25) is 0 Å². The van der Waals surface area contributed by atoms with Gasteiger partial charge in [0.15, 0.2) is 0 Å². The molecule has 0 aliphatic rings. The quantitative estimate of drug-likeness (QED) is 0.789. The Balaban J connectivity index is 2.06. The molecule has 0 unspecified atom stereocenters. The van der Waals surface area contributed by atoms with Gasteiger partial charge in [-0.2, -0.15) is 0 Å². The maximum absolute atomic E-state index is 11.9. The van der Waals surface area contributed by atoms with Gasteiger partial charge in [0.05, 0.1) is 11.8 Å². The molecule has 0 aliphatic heterocycles. The number of aryl methyl sites for hydroxylation is 1. The first-order chi connectivity index (χ1) is 9.06. The van der Waals surface area contributed by atoms with E-state index < -0.39 is 6.03 Å². The number of hydrogen-bond donors (Lipinski definition) is 3. The third-order valence-electron chi connectivity index (χ3n) is 2.51. The molecule has 1 aromatic carbocycles. The number of hydrogen-bond acceptors (Lipinski definition) is 3. The summed E-state index contributed by atoms with van der Waals surface area (Å²) >= 11 is 0. The molecular weight excluding hydrogens is 246 g/mol. The molecule has 0 aliphatic carbocycles. The van der Waals surface area contributed by atoms with Crippen LogP contribution in [0.4, 0.5) is 16.2 Å². The molecule has 6 heteroatoms. The van der Waals surface area contributed by atoms with E-state index in [1.807, 2.05) is 0 Å². The summed E-state index contributed by atoms with van der Waals surface area (Å²) < 4.78 is 5.06. The predicted octanol–water partition coefficient (Wildman–Crippen LogP) is 2.33. The van der Waals surface area contributed by atoms with E-state index in [0.29, 0.717) is 22.7 Å². The molecule has 98 valence electrons. The Bertz CT molecular complexity index is 602. The first-order valence-corrected chi connectivity index (χ1v) is 5.58. The minimum atomic E-state index is -0.634. The standard InChI is InChI=1S/C13H13N3O3/c1-8-11(6-7-19-8)12(17)15-9-2-4-10(5-3-9)16-13(14)18/h2-7H,1H3,(H,15,17)(H3,14,16,18). The average Bonchev–Trinajstić information content (AvgIpc) is 2.77. The summed E-state index contributed by atoms with van der Waals surface area (Å²) in [5, 5.41) is 5.16. The largest absolute Gasteiger partial charge is 0.469 e. The molecule has 0 radical (unpaired) electrons. The van der Waals surface area contributed by atoms with Gasteiger partial charge in [-0.1, -0.05) is 0 Å². The van der Waals surface area contributed by atoms with Crippen molar-refractivity contribution in [2.75, 3.05) is 10.6 Å². The summed E-state index contributed by atoms with van der Waals surface area (Å²) in [5.41, 5.74) is 6.65. The van der Waals surface area contributed by atoms with Crippen LogP contribution in [0.5, 0.6) is 0 Å². The van der Waals surface area contributed by atoms with Crippen molar-refractivity contribution in [2.45, 2.75) is 6.92 Å². The molecule has 6 nitrogen and oxygen atoms in total. The van der Waals surface area contributed by atoms with Crippen molar-refractivity contribution in [3.05, 3.63) is 47.9 Å². The number of carbonyl (C=O) groups excluding carboxylic acids is 2. The van der Waals surface area contributed by atoms with Gasteiger partial charge in [-0.25, -0.2) is 4.79 Å². The zero-order chi connectivity index (χ0) is 13.8. The summed E-state index contributed by atoms with van der Waals surface area (Å²) in [6.45, 7) is 1.72. The molecule has 3 amide bonds. The molecular formula is C13H13N3O3. The van der Waals surface area contributed by atoms with Crippen molar-refractivity contribution in [1.29, 1.82) is 0 Å². The highest BCUT2D eigenvalue weighted by Gasteiger charge is 2.11. The van der Waals surface area contributed by atoms with Gasteiger partial charge >= 0.3 is 6.03 Å². The predicted molar refractivity (Wildman–Crippen MR) is 71.0 cm³/mol. The van der Waals surface area contributed by atoms with Gasteiger partial charge in [0.25, 0.3) is 5.91 Å². The average molecular weight is 259 g/mol. The van der Waals surface area contributed by atoms with E-state index in [1.165, 1.54) is 6.26 Å². The van der Waals surface area contributed by atoms with Crippen LogP contribution in [0.3, 0.4) is 0 Å². The van der Waals surface area contributed by atoms with Crippen LogP contribution in [0.2, 0.25) is 0 Å². The molecule has 0 spiro atoms. The number of carbonyl (C=O) groups is 2. The van der Waals surface area contributed by atoms with Gasteiger partial charge in [0, 0.05) is 11.4 Å². The lowest BCUT2D eigenvalue weighted by molar-refractivity contribution is 0.102. The molecule has 1 aromatic heterocycles. The first kappa shape index (κ1) is 12.7. The van der Waals surface area contributed by atoms with Crippen molar-refractivity contribution in [2.24, 2.45) is 5.73 Å². The van der Waals surface area contributed by atoms with E-state index in [2.05, 4.69) is 10.6 Å². The maximum atomic E-state index is 11.9. The molecule has 2 aromatic rings. The van der Waals surface area contributed by atoms with Crippen LogP contribution < -0.4 is 16.4 Å². The second-order valence-corrected chi connectivity index (χ2v) is 3.91.